The van der Waals surface area contributed by atoms with Crippen molar-refractivity contribution in [2.24, 2.45) is 5.92 Å². The van der Waals surface area contributed by atoms with Gasteiger partial charge in [0.05, 0.1) is 18.2 Å². The van der Waals surface area contributed by atoms with Crippen LogP contribution in [0.5, 0.6) is 0 Å². The van der Waals surface area contributed by atoms with Crippen molar-refractivity contribution in [2.45, 2.75) is 51.0 Å². The number of hydrogen-bond acceptors (Lipinski definition) is 4. The average molecular weight is 349 g/mol. The third-order valence-electron chi connectivity index (χ3n) is 5.38. The molecule has 0 saturated carbocycles. The molecule has 7 nitrogen and oxygen atoms in total. The Labute approximate surface area is 147 Å². The predicted molar refractivity (Wildman–Crippen MR) is 91.3 cm³/mol. The molecule has 2 aliphatic rings. The molecule has 1 aromatic rings. The molecule has 25 heavy (non-hydrogen) atoms. The molecule has 1 atom stereocenters. The third kappa shape index (κ3) is 3.29. The number of carboxylic acids is 1. The smallest absolute Gasteiger partial charge is 0.331 e. The molecule has 0 unspecified atom stereocenters. The van der Waals surface area contributed by atoms with Gasteiger partial charge < -0.3 is 14.7 Å². The first-order chi connectivity index (χ1) is 11.7. The van der Waals surface area contributed by atoms with E-state index in [1.54, 1.807) is 15.8 Å². The Bertz CT molecular complexity index is 648. The molecule has 3 heterocycles. The van der Waals surface area contributed by atoms with Crippen molar-refractivity contribution in [3.63, 3.8) is 0 Å². The van der Waals surface area contributed by atoms with Gasteiger partial charge in [0.15, 0.2) is 5.54 Å². The van der Waals surface area contributed by atoms with Gasteiger partial charge in [-0.3, -0.25) is 9.48 Å². The lowest BCUT2D eigenvalue weighted by atomic mass is 9.87. The number of carbonyl (C=O) groups is 2. The van der Waals surface area contributed by atoms with Gasteiger partial charge in [-0.1, -0.05) is 20.8 Å². The van der Waals surface area contributed by atoms with Crippen molar-refractivity contribution in [3.05, 3.63) is 18.0 Å². The molecular weight excluding hydrogens is 322 g/mol. The first-order valence-corrected chi connectivity index (χ1v) is 8.90. The number of likely N-dealkylation sites (tertiary alicyclic amines) is 1. The summed E-state index contributed by atoms with van der Waals surface area (Å²) in [7, 11) is 0. The maximum absolute atomic E-state index is 12.5. The highest BCUT2D eigenvalue weighted by Gasteiger charge is 2.46. The Kier molecular flexibility index (Phi) is 4.62. The van der Waals surface area contributed by atoms with E-state index >= 15 is 0 Å². The van der Waals surface area contributed by atoms with Crippen LogP contribution in [0.4, 0.5) is 0 Å². The van der Waals surface area contributed by atoms with Crippen molar-refractivity contribution in [2.75, 3.05) is 26.3 Å². The quantitative estimate of drug-likeness (QED) is 0.896. The second-order valence-electron chi connectivity index (χ2n) is 8.12. The molecule has 0 spiro atoms. The first kappa shape index (κ1) is 17.9. The van der Waals surface area contributed by atoms with Gasteiger partial charge in [0.25, 0.3) is 0 Å². The lowest BCUT2D eigenvalue weighted by Gasteiger charge is -2.39. The first-order valence-electron chi connectivity index (χ1n) is 8.90. The summed E-state index contributed by atoms with van der Waals surface area (Å²) in [6.45, 7) is 8.15. The van der Waals surface area contributed by atoms with Gasteiger partial charge in [0.1, 0.15) is 0 Å². The fourth-order valence-corrected chi connectivity index (χ4v) is 3.59. The van der Waals surface area contributed by atoms with Crippen molar-refractivity contribution in [1.82, 2.24) is 14.7 Å². The number of nitrogens with zero attached hydrogens (tertiary/aromatic N) is 3. The Morgan fingerprint density at radius 3 is 2.48 bits per heavy atom. The number of amides is 1. The second-order valence-corrected chi connectivity index (χ2v) is 8.12. The number of aliphatic carboxylic acids is 1. The maximum Gasteiger partial charge on any atom is 0.331 e. The normalized spacial score (nSPS) is 23.6. The van der Waals surface area contributed by atoms with Crippen molar-refractivity contribution in [1.29, 1.82) is 0 Å². The minimum Gasteiger partial charge on any atom is -0.479 e. The lowest BCUT2D eigenvalue weighted by Crippen LogP contribution is -2.53. The number of ether oxygens (including phenoxy) is 1. The summed E-state index contributed by atoms with van der Waals surface area (Å²) in [5.74, 6) is -0.866. The zero-order chi connectivity index (χ0) is 18.2. The molecule has 1 N–H and O–H groups in total. The monoisotopic (exact) mass is 349 g/mol. The average Bonchev–Trinajstić information content (AvgIpc) is 3.25. The van der Waals surface area contributed by atoms with E-state index in [-0.39, 0.29) is 17.2 Å². The zero-order valence-electron chi connectivity index (χ0n) is 15.2. The molecule has 2 aliphatic heterocycles. The third-order valence-corrected chi connectivity index (χ3v) is 5.38. The highest BCUT2D eigenvalue weighted by molar-refractivity contribution is 5.81. The highest BCUT2D eigenvalue weighted by Crippen LogP contribution is 2.33. The molecule has 138 valence electrons. The fourth-order valence-electron chi connectivity index (χ4n) is 3.59. The Hall–Kier alpha value is -1.89. The predicted octanol–water partition coefficient (Wildman–Crippen LogP) is 1.62. The summed E-state index contributed by atoms with van der Waals surface area (Å²) in [5.41, 5.74) is -0.342. The Morgan fingerprint density at radius 1 is 1.32 bits per heavy atom. The number of carboxylic acid groups (broad SMARTS) is 1. The molecule has 1 amide bonds. The van der Waals surface area contributed by atoms with E-state index in [1.807, 2.05) is 6.07 Å². The maximum atomic E-state index is 12.5. The van der Waals surface area contributed by atoms with E-state index in [0.29, 0.717) is 39.1 Å². The van der Waals surface area contributed by atoms with E-state index < -0.39 is 11.5 Å². The van der Waals surface area contributed by atoms with Crippen molar-refractivity contribution >= 4 is 11.9 Å². The largest absolute Gasteiger partial charge is 0.479 e. The van der Waals surface area contributed by atoms with Gasteiger partial charge in [-0.15, -0.1) is 0 Å². The molecule has 7 heteroatoms. The van der Waals surface area contributed by atoms with E-state index in [9.17, 15) is 14.7 Å². The number of aromatic nitrogens is 2. The Morgan fingerprint density at radius 2 is 2.00 bits per heavy atom. The van der Waals surface area contributed by atoms with Gasteiger partial charge in [-0.25, -0.2) is 4.79 Å². The van der Waals surface area contributed by atoms with Gasteiger partial charge in [-0.2, -0.15) is 5.10 Å². The molecule has 1 aromatic heterocycles. The number of rotatable bonds is 3. The van der Waals surface area contributed by atoms with Crippen LogP contribution in [0.1, 0.15) is 45.7 Å². The van der Waals surface area contributed by atoms with Crippen molar-refractivity contribution < 1.29 is 19.4 Å². The molecule has 0 radical (unpaired) electrons. The second kappa shape index (κ2) is 6.44. The number of carbonyl (C=O) groups excluding carboxylic acids is 1. The highest BCUT2D eigenvalue weighted by atomic mass is 16.5. The van der Waals surface area contributed by atoms with Crippen LogP contribution in [0.15, 0.2) is 12.3 Å². The molecule has 0 bridgehead atoms. The van der Waals surface area contributed by atoms with Gasteiger partial charge in [0.2, 0.25) is 5.91 Å². The van der Waals surface area contributed by atoms with Crippen LogP contribution in [-0.2, 0) is 25.3 Å². The minimum atomic E-state index is -1.08. The molecular formula is C18H27N3O4. The van der Waals surface area contributed by atoms with Gasteiger partial charge >= 0.3 is 5.97 Å². The van der Waals surface area contributed by atoms with Crippen LogP contribution in [0.2, 0.25) is 0 Å². The fraction of sp³-hybridized carbons (Fsp3) is 0.722. The topological polar surface area (TPSA) is 84.7 Å². The molecule has 0 aliphatic carbocycles. The van der Waals surface area contributed by atoms with E-state index in [4.69, 9.17) is 4.74 Å². The number of hydrogen-bond donors (Lipinski definition) is 1. The summed E-state index contributed by atoms with van der Waals surface area (Å²) in [5, 5.41) is 14.5. The molecule has 2 saturated heterocycles. The zero-order valence-corrected chi connectivity index (χ0v) is 15.2. The standard InChI is InChI=1S/C18H27N3O4/c1-17(2,3)14-4-8-21(19-14)18(16(23)24)6-9-20(10-7-18)15(22)13-5-11-25-12-13/h4,8,13H,5-7,9-12H2,1-3H3,(H,23,24)/t13-/m0/s1. The van der Waals surface area contributed by atoms with Crippen molar-refractivity contribution in [3.8, 4) is 0 Å². The van der Waals surface area contributed by atoms with E-state index in [0.717, 1.165) is 12.1 Å². The van der Waals surface area contributed by atoms with Crippen LogP contribution >= 0.6 is 0 Å². The van der Waals surface area contributed by atoms with Gasteiger partial charge in [0, 0.05) is 44.1 Å². The van der Waals surface area contributed by atoms with Crippen LogP contribution in [0.25, 0.3) is 0 Å². The summed E-state index contributed by atoms with van der Waals surface area (Å²) in [6.07, 6.45) is 3.25. The summed E-state index contributed by atoms with van der Waals surface area (Å²) < 4.78 is 6.89. The minimum absolute atomic E-state index is 0.0745. The van der Waals surface area contributed by atoms with Crippen LogP contribution < -0.4 is 0 Å². The number of piperidine rings is 1. The van der Waals surface area contributed by atoms with Crippen LogP contribution in [-0.4, -0.2) is 58.0 Å². The van der Waals surface area contributed by atoms with Gasteiger partial charge in [-0.05, 0) is 12.5 Å². The molecule has 3 rings (SSSR count). The SMILES string of the molecule is CC(C)(C)c1ccn(C2(C(=O)O)CCN(C(=O)[C@H]3CCOC3)CC2)n1. The van der Waals surface area contributed by atoms with E-state index in [2.05, 4.69) is 25.9 Å². The molecule has 2 fully saturated rings. The summed E-state index contributed by atoms with van der Waals surface area (Å²) in [4.78, 5) is 26.4. The van der Waals surface area contributed by atoms with Crippen LogP contribution in [0.3, 0.4) is 0 Å². The van der Waals surface area contributed by atoms with Crippen LogP contribution in [0, 0.1) is 5.92 Å². The van der Waals surface area contributed by atoms with E-state index in [1.165, 1.54) is 0 Å². The lowest BCUT2D eigenvalue weighted by molar-refractivity contribution is -0.154. The summed E-state index contributed by atoms with van der Waals surface area (Å²) >= 11 is 0. The Balaban J connectivity index is 1.76. The molecule has 0 aromatic carbocycles. The summed E-state index contributed by atoms with van der Waals surface area (Å²) in [6, 6.07) is 1.89.